The topological polar surface area (TPSA) is 12.0 Å². The molecule has 0 aliphatic rings. The Morgan fingerprint density at radius 2 is 1.89 bits per heavy atom. The molecule has 2 aromatic heterocycles. The number of fused-ring (bicyclic) bond motifs is 1. The first kappa shape index (κ1) is 12.8. The van der Waals surface area contributed by atoms with Gasteiger partial charge in [0.2, 0.25) is 0 Å². The van der Waals surface area contributed by atoms with E-state index in [1.54, 1.807) is 28.7 Å². The molecule has 1 N–H and O–H groups in total. The van der Waals surface area contributed by atoms with Crippen LogP contribution in [-0.4, -0.2) is 7.05 Å². The number of hydrogen-bond acceptors (Lipinski definition) is 3. The van der Waals surface area contributed by atoms with E-state index in [0.29, 0.717) is 0 Å². The maximum atomic E-state index is 13.2. The minimum absolute atomic E-state index is 0.176. The highest BCUT2D eigenvalue weighted by Crippen LogP contribution is 2.35. The van der Waals surface area contributed by atoms with Crippen molar-refractivity contribution in [2.24, 2.45) is 0 Å². The minimum atomic E-state index is -0.176. The molecular formula is C15H14FNS2. The van der Waals surface area contributed by atoms with Crippen molar-refractivity contribution in [1.29, 1.82) is 0 Å². The van der Waals surface area contributed by atoms with Crippen molar-refractivity contribution in [2.45, 2.75) is 13.0 Å². The average molecular weight is 291 g/mol. The van der Waals surface area contributed by atoms with E-state index in [-0.39, 0.29) is 11.9 Å². The third-order valence-electron chi connectivity index (χ3n) is 3.12. The summed E-state index contributed by atoms with van der Waals surface area (Å²) in [6.07, 6.45) is 0. The molecule has 4 heteroatoms. The molecule has 0 spiro atoms. The van der Waals surface area contributed by atoms with E-state index in [9.17, 15) is 4.39 Å². The zero-order valence-electron chi connectivity index (χ0n) is 10.7. The van der Waals surface area contributed by atoms with Gasteiger partial charge in [-0.05, 0) is 55.8 Å². The molecule has 0 bridgehead atoms. The first-order chi connectivity index (χ1) is 9.17. The maximum Gasteiger partial charge on any atom is 0.123 e. The highest BCUT2D eigenvalue weighted by Gasteiger charge is 2.16. The maximum absolute atomic E-state index is 13.2. The lowest BCUT2D eigenvalue weighted by Crippen LogP contribution is -2.14. The zero-order valence-corrected chi connectivity index (χ0v) is 12.4. The number of aryl methyl sites for hydroxylation is 1. The van der Waals surface area contributed by atoms with Crippen molar-refractivity contribution < 1.29 is 4.39 Å². The van der Waals surface area contributed by atoms with Gasteiger partial charge in [-0.1, -0.05) is 0 Å². The molecule has 0 aliphatic heterocycles. The first-order valence-electron chi connectivity index (χ1n) is 6.10. The third-order valence-corrected chi connectivity index (χ3v) is 5.36. The molecule has 0 fully saturated rings. The molecule has 3 aromatic rings. The summed E-state index contributed by atoms with van der Waals surface area (Å²) in [6.45, 7) is 2.11. The van der Waals surface area contributed by atoms with Gasteiger partial charge in [-0.3, -0.25) is 0 Å². The van der Waals surface area contributed by atoms with E-state index in [2.05, 4.69) is 30.4 Å². The number of thiophene rings is 2. The van der Waals surface area contributed by atoms with Gasteiger partial charge in [-0.15, -0.1) is 22.7 Å². The molecule has 98 valence electrons. The molecule has 1 aromatic carbocycles. The molecule has 0 amide bonds. The number of nitrogens with one attached hydrogen (secondary N) is 1. The number of rotatable bonds is 3. The molecule has 1 atom stereocenters. The predicted molar refractivity (Wildman–Crippen MR) is 81.7 cm³/mol. The summed E-state index contributed by atoms with van der Waals surface area (Å²) in [5.74, 6) is -0.176. The van der Waals surface area contributed by atoms with Gasteiger partial charge in [0.05, 0.1) is 6.04 Å². The fraction of sp³-hybridized carbons (Fsp3) is 0.200. The van der Waals surface area contributed by atoms with Crippen LogP contribution in [0.25, 0.3) is 10.1 Å². The van der Waals surface area contributed by atoms with Crippen LogP contribution in [0.15, 0.2) is 36.4 Å². The molecule has 2 heterocycles. The first-order valence-corrected chi connectivity index (χ1v) is 7.73. The molecule has 0 aliphatic carbocycles. The molecule has 3 rings (SSSR count). The van der Waals surface area contributed by atoms with Gasteiger partial charge in [0.25, 0.3) is 0 Å². The second-order valence-electron chi connectivity index (χ2n) is 4.50. The summed E-state index contributed by atoms with van der Waals surface area (Å²) in [6, 6.07) is 11.5. The normalized spacial score (nSPS) is 13.0. The van der Waals surface area contributed by atoms with E-state index in [1.165, 1.54) is 20.7 Å². The van der Waals surface area contributed by atoms with Crippen LogP contribution in [0, 0.1) is 12.7 Å². The van der Waals surface area contributed by atoms with Crippen molar-refractivity contribution in [3.63, 3.8) is 0 Å². The van der Waals surface area contributed by atoms with Crippen LogP contribution >= 0.6 is 22.7 Å². The van der Waals surface area contributed by atoms with Crippen LogP contribution in [0.1, 0.15) is 20.7 Å². The largest absolute Gasteiger partial charge is 0.308 e. The lowest BCUT2D eigenvalue weighted by molar-refractivity contribution is 0.630. The summed E-state index contributed by atoms with van der Waals surface area (Å²) >= 11 is 3.52. The third kappa shape index (κ3) is 2.43. The van der Waals surface area contributed by atoms with E-state index in [4.69, 9.17) is 0 Å². The quantitative estimate of drug-likeness (QED) is 0.736. The Bertz CT molecular complexity index is 714. The number of benzene rings is 1. The Morgan fingerprint density at radius 3 is 2.58 bits per heavy atom. The lowest BCUT2D eigenvalue weighted by atomic mass is 10.1. The van der Waals surface area contributed by atoms with E-state index in [0.717, 1.165) is 10.1 Å². The van der Waals surface area contributed by atoms with Crippen molar-refractivity contribution in [1.82, 2.24) is 5.32 Å². The van der Waals surface area contributed by atoms with E-state index in [1.807, 2.05) is 13.1 Å². The van der Waals surface area contributed by atoms with Crippen LogP contribution in [0.2, 0.25) is 0 Å². The Balaban J connectivity index is 2.06. The molecule has 1 nitrogen and oxygen atoms in total. The van der Waals surface area contributed by atoms with Crippen molar-refractivity contribution in [3.8, 4) is 0 Å². The summed E-state index contributed by atoms with van der Waals surface area (Å²) in [5.41, 5.74) is 0. The second-order valence-corrected chi connectivity index (χ2v) is 6.94. The van der Waals surface area contributed by atoms with Gasteiger partial charge >= 0.3 is 0 Å². The Kier molecular flexibility index (Phi) is 3.39. The van der Waals surface area contributed by atoms with Crippen LogP contribution in [0.4, 0.5) is 4.39 Å². The summed E-state index contributed by atoms with van der Waals surface area (Å²) in [5, 5.41) is 4.33. The Hall–Kier alpha value is -1.23. The van der Waals surface area contributed by atoms with Crippen molar-refractivity contribution in [3.05, 3.63) is 56.8 Å². The molecular weight excluding hydrogens is 277 g/mol. The molecule has 19 heavy (non-hydrogen) atoms. The standard InChI is InChI=1S/C15H14FNS2/c1-9-3-5-13(18-9)15(17-2)14-8-10-7-11(16)4-6-12(10)19-14/h3-8,15,17H,1-2H3. The fourth-order valence-electron chi connectivity index (χ4n) is 2.21. The molecule has 0 radical (unpaired) electrons. The van der Waals surface area contributed by atoms with Crippen molar-refractivity contribution >= 4 is 32.8 Å². The minimum Gasteiger partial charge on any atom is -0.308 e. The fourth-order valence-corrected chi connectivity index (χ4v) is 4.47. The van der Waals surface area contributed by atoms with Gasteiger partial charge in [-0.25, -0.2) is 4.39 Å². The number of hydrogen-bond donors (Lipinski definition) is 1. The number of halogens is 1. The van der Waals surface area contributed by atoms with Gasteiger partial charge in [0, 0.05) is 19.3 Å². The summed E-state index contributed by atoms with van der Waals surface area (Å²) in [7, 11) is 1.96. The highest BCUT2D eigenvalue weighted by atomic mass is 32.1. The SMILES string of the molecule is CNC(c1ccc(C)s1)c1cc2cc(F)ccc2s1. The molecule has 0 saturated heterocycles. The summed E-state index contributed by atoms with van der Waals surface area (Å²) in [4.78, 5) is 3.83. The van der Waals surface area contributed by atoms with Gasteiger partial charge in [-0.2, -0.15) is 0 Å². The molecule has 1 unspecified atom stereocenters. The van der Waals surface area contributed by atoms with Crippen LogP contribution in [0.3, 0.4) is 0 Å². The van der Waals surface area contributed by atoms with Crippen LogP contribution in [0.5, 0.6) is 0 Å². The zero-order chi connectivity index (χ0) is 13.4. The Morgan fingerprint density at radius 1 is 1.05 bits per heavy atom. The average Bonchev–Trinajstić information content (AvgIpc) is 2.96. The molecule has 0 saturated carbocycles. The van der Waals surface area contributed by atoms with Gasteiger partial charge in [0.1, 0.15) is 5.82 Å². The van der Waals surface area contributed by atoms with Gasteiger partial charge in [0.15, 0.2) is 0 Å². The summed E-state index contributed by atoms with van der Waals surface area (Å²) < 4.78 is 14.4. The van der Waals surface area contributed by atoms with Gasteiger partial charge < -0.3 is 5.32 Å². The second kappa shape index (κ2) is 5.04. The Labute approximate surface area is 119 Å². The lowest BCUT2D eigenvalue weighted by Gasteiger charge is -2.11. The highest BCUT2D eigenvalue weighted by molar-refractivity contribution is 7.19. The van der Waals surface area contributed by atoms with E-state index < -0.39 is 0 Å². The monoisotopic (exact) mass is 291 g/mol. The van der Waals surface area contributed by atoms with Crippen LogP contribution in [-0.2, 0) is 0 Å². The smallest absolute Gasteiger partial charge is 0.123 e. The van der Waals surface area contributed by atoms with Crippen molar-refractivity contribution in [2.75, 3.05) is 7.05 Å². The van der Waals surface area contributed by atoms with Crippen LogP contribution < -0.4 is 5.32 Å². The van der Waals surface area contributed by atoms with E-state index >= 15 is 0 Å². The predicted octanol–water partition coefficient (Wildman–Crippen LogP) is 4.72.